The summed E-state index contributed by atoms with van der Waals surface area (Å²) in [6.07, 6.45) is 3.65. The zero-order chi connectivity index (χ0) is 21.3. The molecule has 0 aliphatic carbocycles. The van der Waals surface area contributed by atoms with Crippen molar-refractivity contribution in [2.24, 2.45) is 0 Å². The number of carbonyl (C=O) groups is 2. The lowest BCUT2D eigenvalue weighted by atomic mass is 9.88. The molecule has 160 valence electrons. The van der Waals surface area contributed by atoms with E-state index >= 15 is 0 Å². The summed E-state index contributed by atoms with van der Waals surface area (Å²) in [7, 11) is 0. The number of hydrogen-bond donors (Lipinski definition) is 2. The fourth-order valence-electron chi connectivity index (χ4n) is 4.21. The van der Waals surface area contributed by atoms with Gasteiger partial charge in [-0.25, -0.2) is 19.7 Å². The number of urea groups is 1. The van der Waals surface area contributed by atoms with Crippen molar-refractivity contribution in [3.63, 3.8) is 0 Å². The molecule has 2 aliphatic rings. The normalized spacial score (nSPS) is 18.6. The van der Waals surface area contributed by atoms with Crippen LogP contribution in [0.25, 0.3) is 0 Å². The minimum absolute atomic E-state index is 0.0141. The number of nitrogens with zero attached hydrogens (tertiary/aromatic N) is 5. The van der Waals surface area contributed by atoms with E-state index in [1.165, 1.54) is 18.3 Å². The largest absolute Gasteiger partial charge is 0.331 e. The van der Waals surface area contributed by atoms with Crippen molar-refractivity contribution in [1.29, 1.82) is 0 Å². The Hall–Kier alpha value is -2.59. The summed E-state index contributed by atoms with van der Waals surface area (Å²) in [5.74, 6) is 0.627. The maximum Gasteiger partial charge on any atom is 0.318 e. The molecule has 0 saturated carbocycles. The number of anilines is 1. The fourth-order valence-corrected chi connectivity index (χ4v) is 5.11. The molecule has 0 bridgehead atoms. The first-order valence-electron chi connectivity index (χ1n) is 10.1. The van der Waals surface area contributed by atoms with E-state index in [2.05, 4.69) is 30.5 Å². The summed E-state index contributed by atoms with van der Waals surface area (Å²) < 4.78 is 0. The Labute approximate surface area is 179 Å². The summed E-state index contributed by atoms with van der Waals surface area (Å²) in [6, 6.07) is 1.93. The molecule has 0 radical (unpaired) electrons. The van der Waals surface area contributed by atoms with Crippen molar-refractivity contribution < 1.29 is 9.59 Å². The van der Waals surface area contributed by atoms with Gasteiger partial charge in [-0.1, -0.05) is 0 Å². The molecule has 2 saturated heterocycles. The zero-order valence-corrected chi connectivity index (χ0v) is 18.4. The lowest BCUT2D eigenvalue weighted by Crippen LogP contribution is -2.52. The first-order chi connectivity index (χ1) is 14.3. The van der Waals surface area contributed by atoms with Gasteiger partial charge >= 0.3 is 6.03 Å². The minimum Gasteiger partial charge on any atom is -0.331 e. The number of amides is 3. The molecular formula is C20H27N7O2S. The molecule has 4 heterocycles. The highest BCUT2D eigenvalue weighted by Gasteiger charge is 2.44. The Morgan fingerprint density at radius 3 is 2.73 bits per heavy atom. The van der Waals surface area contributed by atoms with E-state index in [0.29, 0.717) is 18.2 Å². The summed E-state index contributed by atoms with van der Waals surface area (Å²) >= 11 is 1.51. The number of rotatable bonds is 5. The average Bonchev–Trinajstić information content (AvgIpc) is 3.20. The highest BCUT2D eigenvalue weighted by molar-refractivity contribution is 7.15. The predicted octanol–water partition coefficient (Wildman–Crippen LogP) is 2.07. The van der Waals surface area contributed by atoms with Crippen LogP contribution < -0.4 is 10.6 Å². The van der Waals surface area contributed by atoms with Crippen LogP contribution in [-0.4, -0.2) is 61.9 Å². The van der Waals surface area contributed by atoms with Crippen molar-refractivity contribution in [2.45, 2.75) is 52.2 Å². The number of thiazole rings is 1. The Kier molecular flexibility index (Phi) is 5.70. The quantitative estimate of drug-likeness (QED) is 0.754. The van der Waals surface area contributed by atoms with Gasteiger partial charge in [0.05, 0.1) is 17.8 Å². The predicted molar refractivity (Wildman–Crippen MR) is 114 cm³/mol. The van der Waals surface area contributed by atoms with E-state index in [9.17, 15) is 9.59 Å². The molecule has 2 aliphatic heterocycles. The molecule has 4 rings (SSSR count). The number of aryl methyl sites for hydroxylation is 2. The van der Waals surface area contributed by atoms with Crippen molar-refractivity contribution in [3.05, 3.63) is 34.4 Å². The Balaban J connectivity index is 1.32. The number of carbonyl (C=O) groups excluding carboxylic acids is 2. The fraction of sp³-hybridized carbons (Fsp3) is 0.550. The summed E-state index contributed by atoms with van der Waals surface area (Å²) in [4.78, 5) is 42.2. The first kappa shape index (κ1) is 20.7. The Morgan fingerprint density at radius 2 is 2.03 bits per heavy atom. The minimum atomic E-state index is -0.167. The van der Waals surface area contributed by atoms with Crippen LogP contribution in [0.1, 0.15) is 41.9 Å². The zero-order valence-electron chi connectivity index (χ0n) is 17.6. The van der Waals surface area contributed by atoms with Crippen molar-refractivity contribution in [3.8, 4) is 0 Å². The van der Waals surface area contributed by atoms with E-state index in [-0.39, 0.29) is 17.5 Å². The molecule has 2 aromatic heterocycles. The van der Waals surface area contributed by atoms with Crippen LogP contribution in [-0.2, 0) is 17.9 Å². The van der Waals surface area contributed by atoms with Crippen LogP contribution >= 0.6 is 11.3 Å². The van der Waals surface area contributed by atoms with Gasteiger partial charge in [0.1, 0.15) is 5.82 Å². The second kappa shape index (κ2) is 8.27. The van der Waals surface area contributed by atoms with E-state index in [0.717, 1.165) is 54.6 Å². The van der Waals surface area contributed by atoms with Crippen LogP contribution in [0, 0.1) is 13.8 Å². The van der Waals surface area contributed by atoms with Gasteiger partial charge in [-0.05, 0) is 32.8 Å². The number of piperidine rings is 1. The van der Waals surface area contributed by atoms with Crippen molar-refractivity contribution >= 4 is 28.4 Å². The smallest absolute Gasteiger partial charge is 0.318 e. The number of aromatic nitrogens is 3. The lowest BCUT2D eigenvalue weighted by Gasteiger charge is -2.38. The molecular weight excluding hydrogens is 402 g/mol. The van der Waals surface area contributed by atoms with Crippen LogP contribution in [0.2, 0.25) is 0 Å². The average molecular weight is 430 g/mol. The summed E-state index contributed by atoms with van der Waals surface area (Å²) in [5, 5.41) is 6.60. The lowest BCUT2D eigenvalue weighted by molar-refractivity contribution is -0.114. The molecule has 0 aromatic carbocycles. The first-order valence-corrected chi connectivity index (χ1v) is 10.9. The second-order valence-corrected chi connectivity index (χ2v) is 9.32. The van der Waals surface area contributed by atoms with Crippen LogP contribution in [0.3, 0.4) is 0 Å². The van der Waals surface area contributed by atoms with E-state index in [1.54, 1.807) is 0 Å². The van der Waals surface area contributed by atoms with Gasteiger partial charge in [-0.15, -0.1) is 11.3 Å². The van der Waals surface area contributed by atoms with E-state index < -0.39 is 0 Å². The highest BCUT2D eigenvalue weighted by atomic mass is 32.1. The number of nitrogens with one attached hydrogen (secondary N) is 2. The van der Waals surface area contributed by atoms with Crippen LogP contribution in [0.15, 0.2) is 12.3 Å². The Morgan fingerprint density at radius 1 is 1.27 bits per heavy atom. The molecule has 2 fully saturated rings. The van der Waals surface area contributed by atoms with Crippen LogP contribution in [0.5, 0.6) is 0 Å². The van der Waals surface area contributed by atoms with Gasteiger partial charge < -0.3 is 15.5 Å². The monoisotopic (exact) mass is 429 g/mol. The number of likely N-dealkylation sites (tertiary alicyclic amines) is 1. The molecule has 0 unspecified atom stereocenters. The van der Waals surface area contributed by atoms with Gasteiger partial charge in [0.25, 0.3) is 0 Å². The third kappa shape index (κ3) is 4.76. The third-order valence-electron chi connectivity index (χ3n) is 5.55. The standard InChI is InChI=1S/C20H27N7O2S/c1-13-8-16(23-14(2)22-13)10-27-12-20(25-19(27)29)4-6-26(7-5-20)11-17-9-21-18(30-17)24-15(3)28/h8-9H,4-7,10-12H2,1-3H3,(H,25,29)(H,21,24,28). The summed E-state index contributed by atoms with van der Waals surface area (Å²) in [6.45, 7) is 9.15. The second-order valence-electron chi connectivity index (χ2n) is 8.20. The maximum absolute atomic E-state index is 12.6. The van der Waals surface area contributed by atoms with Gasteiger partial charge in [0, 0.05) is 49.9 Å². The molecule has 30 heavy (non-hydrogen) atoms. The molecule has 2 aromatic rings. The van der Waals surface area contributed by atoms with E-state index in [1.807, 2.05) is 31.0 Å². The van der Waals surface area contributed by atoms with E-state index in [4.69, 9.17) is 0 Å². The number of hydrogen-bond acceptors (Lipinski definition) is 7. The van der Waals surface area contributed by atoms with Crippen molar-refractivity contribution in [2.75, 3.05) is 25.0 Å². The molecule has 0 atom stereocenters. The molecule has 2 N–H and O–H groups in total. The van der Waals surface area contributed by atoms with Gasteiger partial charge in [0.15, 0.2) is 5.13 Å². The Bertz CT molecular complexity index is 932. The summed E-state index contributed by atoms with van der Waals surface area (Å²) in [5.41, 5.74) is 1.63. The van der Waals surface area contributed by atoms with Gasteiger partial charge in [0.2, 0.25) is 5.91 Å². The molecule has 9 nitrogen and oxygen atoms in total. The molecule has 10 heteroatoms. The van der Waals surface area contributed by atoms with Crippen LogP contribution in [0.4, 0.5) is 9.93 Å². The topological polar surface area (TPSA) is 103 Å². The van der Waals surface area contributed by atoms with Gasteiger partial charge in [-0.3, -0.25) is 9.69 Å². The molecule has 3 amide bonds. The maximum atomic E-state index is 12.6. The SMILES string of the molecule is CC(=O)Nc1ncc(CN2CCC3(CC2)CN(Cc2cc(C)nc(C)n2)C(=O)N3)s1. The van der Waals surface area contributed by atoms with Crippen molar-refractivity contribution in [1.82, 2.24) is 30.1 Å². The molecule has 1 spiro atoms. The highest BCUT2D eigenvalue weighted by Crippen LogP contribution is 2.30. The van der Waals surface area contributed by atoms with Gasteiger partial charge in [-0.2, -0.15) is 0 Å². The third-order valence-corrected chi connectivity index (χ3v) is 6.45.